The number of carbonyl (C=O) groups is 2. The Bertz CT molecular complexity index is 481. The second kappa shape index (κ2) is 4.09. The largest absolute Gasteiger partial charge is 0.293 e. The maximum absolute atomic E-state index is 12.6. The lowest BCUT2D eigenvalue weighted by Crippen LogP contribution is -2.22. The number of carbonyl (C=O) groups excluding carboxylic acids is 2. The third-order valence-corrected chi connectivity index (χ3v) is 3.12. The predicted octanol–water partition coefficient (Wildman–Crippen LogP) is 2.49. The van der Waals surface area contributed by atoms with E-state index in [2.05, 4.69) is 0 Å². The van der Waals surface area contributed by atoms with Crippen LogP contribution in [0.25, 0.3) is 6.08 Å². The van der Waals surface area contributed by atoms with Crippen molar-refractivity contribution < 1.29 is 14.0 Å². The summed E-state index contributed by atoms with van der Waals surface area (Å²) in [5.74, 6) is -0.653. The summed E-state index contributed by atoms with van der Waals surface area (Å²) in [6.07, 6.45) is 1.58. The number of likely N-dealkylation sites (N-methyl/N-ethyl adjacent to an activating group) is 1. The molecule has 1 heterocycles. The van der Waals surface area contributed by atoms with Crippen molar-refractivity contribution in [1.82, 2.24) is 4.90 Å². The summed E-state index contributed by atoms with van der Waals surface area (Å²) in [5, 5.41) is -0.293. The van der Waals surface area contributed by atoms with Crippen LogP contribution >= 0.6 is 11.8 Å². The van der Waals surface area contributed by atoms with E-state index in [1.165, 1.54) is 19.2 Å². The monoisotopic (exact) mass is 237 g/mol. The highest BCUT2D eigenvalue weighted by atomic mass is 32.2. The third-order valence-electron chi connectivity index (χ3n) is 2.15. The lowest BCUT2D eigenvalue weighted by molar-refractivity contribution is -0.121. The van der Waals surface area contributed by atoms with E-state index in [9.17, 15) is 14.0 Å². The Kier molecular flexibility index (Phi) is 2.78. The summed E-state index contributed by atoms with van der Waals surface area (Å²) in [4.78, 5) is 24.2. The number of halogens is 1. The smallest absolute Gasteiger partial charge is 0.272 e. The molecule has 82 valence electrons. The summed E-state index contributed by atoms with van der Waals surface area (Å²) >= 11 is 0.886. The molecule has 1 saturated heterocycles. The maximum atomic E-state index is 12.6. The van der Waals surface area contributed by atoms with Gasteiger partial charge in [0.1, 0.15) is 5.82 Å². The van der Waals surface area contributed by atoms with E-state index in [-0.39, 0.29) is 17.0 Å². The van der Waals surface area contributed by atoms with Gasteiger partial charge in [0.25, 0.3) is 11.1 Å². The Balaban J connectivity index is 2.29. The van der Waals surface area contributed by atoms with Crippen molar-refractivity contribution in [3.8, 4) is 0 Å². The highest BCUT2D eigenvalue weighted by molar-refractivity contribution is 8.18. The lowest BCUT2D eigenvalue weighted by atomic mass is 10.2. The van der Waals surface area contributed by atoms with Gasteiger partial charge in [-0.3, -0.25) is 14.5 Å². The van der Waals surface area contributed by atoms with Crippen LogP contribution in [0.3, 0.4) is 0 Å². The van der Waals surface area contributed by atoms with Crippen LogP contribution in [0.5, 0.6) is 0 Å². The van der Waals surface area contributed by atoms with Gasteiger partial charge in [0.15, 0.2) is 0 Å². The summed E-state index contributed by atoms with van der Waals surface area (Å²) in [5.41, 5.74) is 0.695. The Morgan fingerprint density at radius 2 is 1.88 bits per heavy atom. The lowest BCUT2D eigenvalue weighted by Gasteiger charge is -2.00. The van der Waals surface area contributed by atoms with E-state index in [1.807, 2.05) is 0 Å². The molecule has 1 aliphatic heterocycles. The number of nitrogens with zero attached hydrogens (tertiary/aromatic N) is 1. The summed E-state index contributed by atoms with van der Waals surface area (Å²) < 4.78 is 12.6. The van der Waals surface area contributed by atoms with Gasteiger partial charge in [0.2, 0.25) is 0 Å². The molecule has 0 N–H and O–H groups in total. The molecule has 0 saturated carbocycles. The van der Waals surface area contributed by atoms with Crippen LogP contribution < -0.4 is 0 Å². The minimum Gasteiger partial charge on any atom is -0.272 e. The van der Waals surface area contributed by atoms with Gasteiger partial charge >= 0.3 is 0 Å². The van der Waals surface area contributed by atoms with Crippen LogP contribution in [0.2, 0.25) is 0 Å². The van der Waals surface area contributed by atoms with E-state index < -0.39 is 0 Å². The molecule has 5 heteroatoms. The summed E-state index contributed by atoms with van der Waals surface area (Å²) in [6, 6.07) is 5.72. The molecular weight excluding hydrogens is 229 g/mol. The van der Waals surface area contributed by atoms with Crippen molar-refractivity contribution in [3.63, 3.8) is 0 Å². The quantitative estimate of drug-likeness (QED) is 0.704. The molecule has 1 aromatic carbocycles. The Morgan fingerprint density at radius 1 is 1.25 bits per heavy atom. The summed E-state index contributed by atoms with van der Waals surface area (Å²) in [7, 11) is 1.43. The molecule has 1 aromatic rings. The van der Waals surface area contributed by atoms with Crippen molar-refractivity contribution in [2.24, 2.45) is 0 Å². The number of amides is 2. The fourth-order valence-electron chi connectivity index (χ4n) is 1.26. The van der Waals surface area contributed by atoms with Gasteiger partial charge in [-0.2, -0.15) is 0 Å². The predicted molar refractivity (Wildman–Crippen MR) is 60.1 cm³/mol. The number of hydrogen-bond donors (Lipinski definition) is 0. The van der Waals surface area contributed by atoms with Gasteiger partial charge < -0.3 is 0 Å². The number of thioether (sulfide) groups is 1. The topological polar surface area (TPSA) is 37.4 Å². The second-order valence-electron chi connectivity index (χ2n) is 3.29. The average Bonchev–Trinajstić information content (AvgIpc) is 2.50. The van der Waals surface area contributed by atoms with Gasteiger partial charge in [-0.15, -0.1) is 0 Å². The number of hydrogen-bond acceptors (Lipinski definition) is 3. The number of imide groups is 1. The fourth-order valence-corrected chi connectivity index (χ4v) is 2.08. The molecule has 2 amide bonds. The van der Waals surface area contributed by atoms with Gasteiger partial charge in [-0.1, -0.05) is 12.1 Å². The van der Waals surface area contributed by atoms with Crippen LogP contribution in [0, 0.1) is 5.82 Å². The van der Waals surface area contributed by atoms with Crippen LogP contribution in [0.15, 0.2) is 29.2 Å². The van der Waals surface area contributed by atoms with Gasteiger partial charge in [-0.05, 0) is 35.5 Å². The van der Waals surface area contributed by atoms with Crippen molar-refractivity contribution in [3.05, 3.63) is 40.6 Å². The van der Waals surface area contributed by atoms with E-state index in [0.29, 0.717) is 10.5 Å². The molecule has 2 rings (SSSR count). The molecule has 0 aromatic heterocycles. The molecule has 0 unspecified atom stereocenters. The zero-order valence-electron chi connectivity index (χ0n) is 8.44. The molecule has 3 nitrogen and oxygen atoms in total. The van der Waals surface area contributed by atoms with Crippen LogP contribution in [-0.2, 0) is 4.79 Å². The molecule has 0 atom stereocenters. The first-order valence-electron chi connectivity index (χ1n) is 4.55. The number of rotatable bonds is 1. The molecule has 0 bridgehead atoms. The molecule has 0 spiro atoms. The minimum atomic E-state index is -0.333. The van der Waals surface area contributed by atoms with Crippen molar-refractivity contribution in [2.45, 2.75) is 0 Å². The third kappa shape index (κ3) is 1.99. The van der Waals surface area contributed by atoms with E-state index in [4.69, 9.17) is 0 Å². The van der Waals surface area contributed by atoms with Crippen LogP contribution in [0.1, 0.15) is 5.56 Å². The standard InChI is InChI=1S/C11H8FNO2S/c1-13-10(14)9(16-11(13)15)6-7-2-4-8(12)5-3-7/h2-6H,1H3/b9-6-. The zero-order valence-corrected chi connectivity index (χ0v) is 9.25. The Labute approximate surface area is 95.9 Å². The molecular formula is C11H8FNO2S. The average molecular weight is 237 g/mol. The molecule has 1 fully saturated rings. The van der Waals surface area contributed by atoms with E-state index in [1.54, 1.807) is 18.2 Å². The minimum absolute atomic E-state index is 0.293. The molecule has 0 aliphatic carbocycles. The van der Waals surface area contributed by atoms with Crippen molar-refractivity contribution >= 4 is 29.0 Å². The first-order valence-corrected chi connectivity index (χ1v) is 5.37. The van der Waals surface area contributed by atoms with Crippen LogP contribution in [-0.4, -0.2) is 23.1 Å². The Morgan fingerprint density at radius 3 is 2.38 bits per heavy atom. The van der Waals surface area contributed by atoms with Gasteiger partial charge in [-0.25, -0.2) is 4.39 Å². The maximum Gasteiger partial charge on any atom is 0.293 e. The SMILES string of the molecule is CN1C(=O)S/C(=C\c2ccc(F)cc2)C1=O. The van der Waals surface area contributed by atoms with Gasteiger partial charge in [0, 0.05) is 7.05 Å². The Hall–Kier alpha value is -1.62. The van der Waals surface area contributed by atoms with Crippen molar-refractivity contribution in [1.29, 1.82) is 0 Å². The normalized spacial score (nSPS) is 18.6. The zero-order chi connectivity index (χ0) is 11.7. The molecule has 1 aliphatic rings. The fraction of sp³-hybridized carbons (Fsp3) is 0.0909. The number of benzene rings is 1. The second-order valence-corrected chi connectivity index (χ2v) is 4.29. The molecule has 0 radical (unpaired) electrons. The highest BCUT2D eigenvalue weighted by Crippen LogP contribution is 2.30. The van der Waals surface area contributed by atoms with Crippen molar-refractivity contribution in [2.75, 3.05) is 7.05 Å². The van der Waals surface area contributed by atoms with E-state index in [0.717, 1.165) is 16.7 Å². The highest BCUT2D eigenvalue weighted by Gasteiger charge is 2.31. The van der Waals surface area contributed by atoms with E-state index >= 15 is 0 Å². The van der Waals surface area contributed by atoms with Crippen LogP contribution in [0.4, 0.5) is 9.18 Å². The first-order chi connectivity index (χ1) is 7.58. The van der Waals surface area contributed by atoms with Gasteiger partial charge in [0.05, 0.1) is 4.91 Å². The first kappa shape index (κ1) is 10.9. The summed E-state index contributed by atoms with van der Waals surface area (Å²) in [6.45, 7) is 0. The molecule has 16 heavy (non-hydrogen) atoms.